The van der Waals surface area contributed by atoms with Crippen molar-refractivity contribution in [2.75, 3.05) is 13.1 Å². The topological polar surface area (TPSA) is 20.3 Å². The van der Waals surface area contributed by atoms with Crippen LogP contribution in [0, 0.1) is 0 Å². The van der Waals surface area contributed by atoms with E-state index in [2.05, 4.69) is 0 Å². The first kappa shape index (κ1) is 19.1. The summed E-state index contributed by atoms with van der Waals surface area (Å²) in [6, 6.07) is 15.3. The van der Waals surface area contributed by atoms with E-state index in [0.29, 0.717) is 12.8 Å². The molecule has 2 nitrogen and oxygen atoms in total. The number of rotatable bonds is 5. The van der Waals surface area contributed by atoms with Gasteiger partial charge < -0.3 is 4.90 Å². The van der Waals surface area contributed by atoms with Crippen molar-refractivity contribution in [3.63, 3.8) is 0 Å². The molecule has 0 aromatic heterocycles. The first-order valence-corrected chi connectivity index (χ1v) is 8.76. The van der Waals surface area contributed by atoms with Crippen LogP contribution in [0.5, 0.6) is 0 Å². The number of alkyl halides is 2. The highest BCUT2D eigenvalue weighted by atomic mass is 19.3. The molecule has 1 fully saturated rings. The Morgan fingerprint density at radius 3 is 2.00 bits per heavy atom. The maximum atomic E-state index is 14.4. The van der Waals surface area contributed by atoms with Crippen molar-refractivity contribution in [2.24, 2.45) is 0 Å². The molecule has 27 heavy (non-hydrogen) atoms. The van der Waals surface area contributed by atoms with Crippen molar-refractivity contribution >= 4 is 11.5 Å². The van der Waals surface area contributed by atoms with E-state index in [-0.39, 0.29) is 18.7 Å². The van der Waals surface area contributed by atoms with Crippen LogP contribution in [0.1, 0.15) is 24.8 Å². The zero-order chi connectivity index (χ0) is 19.4. The number of benzene rings is 2. The molecular formula is C21H19F4NO. The number of nitrogens with zero attached hydrogens (tertiary/aromatic N) is 1. The van der Waals surface area contributed by atoms with Crippen LogP contribution in [0.4, 0.5) is 17.6 Å². The van der Waals surface area contributed by atoms with Crippen molar-refractivity contribution < 1.29 is 22.4 Å². The molecule has 0 radical (unpaired) electrons. The van der Waals surface area contributed by atoms with Crippen molar-refractivity contribution in [3.8, 4) is 11.1 Å². The van der Waals surface area contributed by atoms with Crippen LogP contribution in [0.15, 0.2) is 60.7 Å². The number of likely N-dealkylation sites (tertiary alicyclic amines) is 1. The Bertz CT molecular complexity index is 821. The molecule has 1 saturated heterocycles. The van der Waals surface area contributed by atoms with Gasteiger partial charge in [-0.25, -0.2) is 0 Å². The van der Waals surface area contributed by atoms with Crippen LogP contribution < -0.4 is 0 Å². The number of allylic oxidation sites excluding steroid dienone is 1. The highest BCUT2D eigenvalue weighted by molar-refractivity contribution is 5.86. The van der Waals surface area contributed by atoms with Crippen LogP contribution in [0.3, 0.4) is 0 Å². The van der Waals surface area contributed by atoms with E-state index in [0.717, 1.165) is 16.0 Å². The van der Waals surface area contributed by atoms with Gasteiger partial charge in [0.1, 0.15) is 0 Å². The minimum atomic E-state index is -3.86. The second-order valence-electron chi connectivity index (χ2n) is 6.56. The lowest BCUT2D eigenvalue weighted by Gasteiger charge is -2.23. The molecule has 0 unspecified atom stereocenters. The average Bonchev–Trinajstić information content (AvgIpc) is 3.21. The normalized spacial score (nSPS) is 14.3. The lowest BCUT2D eigenvalue weighted by atomic mass is 9.97. The van der Waals surface area contributed by atoms with Crippen LogP contribution in [0.2, 0.25) is 0 Å². The Hall–Kier alpha value is -2.63. The Balaban J connectivity index is 1.82. The van der Waals surface area contributed by atoms with Gasteiger partial charge >= 0.3 is 5.92 Å². The second kappa shape index (κ2) is 7.94. The quantitative estimate of drug-likeness (QED) is 0.621. The monoisotopic (exact) mass is 377 g/mol. The molecule has 0 N–H and O–H groups in total. The average molecular weight is 377 g/mol. The van der Waals surface area contributed by atoms with Gasteiger partial charge in [0, 0.05) is 18.7 Å². The molecule has 0 aliphatic carbocycles. The standard InChI is InChI=1S/C21H19F4NO/c22-19(23)18(14-21(24,25)20(27)26-12-4-5-13-26)17-10-8-16(9-11-17)15-6-2-1-3-7-15/h1-3,6-11H,4-5,12-14H2. The molecule has 0 bridgehead atoms. The van der Waals surface area contributed by atoms with E-state index in [1.165, 1.54) is 12.1 Å². The molecular weight excluding hydrogens is 358 g/mol. The Kier molecular flexibility index (Phi) is 5.63. The first-order chi connectivity index (χ1) is 12.9. The van der Waals surface area contributed by atoms with E-state index in [9.17, 15) is 22.4 Å². The molecule has 2 aromatic rings. The number of hydrogen-bond donors (Lipinski definition) is 0. The van der Waals surface area contributed by atoms with Crippen molar-refractivity contribution in [2.45, 2.75) is 25.2 Å². The number of hydrogen-bond acceptors (Lipinski definition) is 1. The summed E-state index contributed by atoms with van der Waals surface area (Å²) in [4.78, 5) is 13.1. The molecule has 1 aliphatic rings. The molecule has 1 aliphatic heterocycles. The van der Waals surface area contributed by atoms with E-state index in [1.807, 2.05) is 30.3 Å². The number of carbonyl (C=O) groups excluding carboxylic acids is 1. The minimum absolute atomic E-state index is 0.0106. The van der Waals surface area contributed by atoms with Crippen LogP contribution in [-0.2, 0) is 4.79 Å². The number of carbonyl (C=O) groups is 1. The van der Waals surface area contributed by atoms with Crippen LogP contribution in [0.25, 0.3) is 16.7 Å². The molecule has 3 rings (SSSR count). The Morgan fingerprint density at radius 2 is 1.44 bits per heavy atom. The number of amides is 1. The van der Waals surface area contributed by atoms with Gasteiger partial charge in [0.05, 0.1) is 6.42 Å². The van der Waals surface area contributed by atoms with Gasteiger partial charge in [-0.3, -0.25) is 4.79 Å². The second-order valence-corrected chi connectivity index (χ2v) is 6.56. The van der Waals surface area contributed by atoms with E-state index in [4.69, 9.17) is 0 Å². The molecule has 1 amide bonds. The summed E-state index contributed by atoms with van der Waals surface area (Å²) >= 11 is 0. The van der Waals surface area contributed by atoms with E-state index in [1.54, 1.807) is 12.1 Å². The van der Waals surface area contributed by atoms with Gasteiger partial charge in [-0.05, 0) is 29.5 Å². The first-order valence-electron chi connectivity index (χ1n) is 8.76. The van der Waals surface area contributed by atoms with Crippen molar-refractivity contribution in [1.29, 1.82) is 0 Å². The summed E-state index contributed by atoms with van der Waals surface area (Å²) < 4.78 is 55.5. The maximum absolute atomic E-state index is 14.4. The molecule has 6 heteroatoms. The fourth-order valence-corrected chi connectivity index (χ4v) is 3.22. The van der Waals surface area contributed by atoms with Gasteiger partial charge in [-0.1, -0.05) is 54.6 Å². The van der Waals surface area contributed by atoms with Gasteiger partial charge in [0.15, 0.2) is 0 Å². The third-order valence-corrected chi connectivity index (χ3v) is 4.67. The molecule has 0 saturated carbocycles. The predicted octanol–water partition coefficient (Wildman–Crippen LogP) is 5.61. The summed E-state index contributed by atoms with van der Waals surface area (Å²) in [6.45, 7) is 0.495. The predicted molar refractivity (Wildman–Crippen MR) is 96.4 cm³/mol. The molecule has 0 atom stereocenters. The smallest absolute Gasteiger partial charge is 0.328 e. The lowest BCUT2D eigenvalue weighted by molar-refractivity contribution is -0.155. The fourth-order valence-electron chi connectivity index (χ4n) is 3.22. The summed E-state index contributed by atoms with van der Waals surface area (Å²) in [6.07, 6.45) is -2.20. The van der Waals surface area contributed by atoms with Crippen molar-refractivity contribution in [1.82, 2.24) is 4.90 Å². The van der Waals surface area contributed by atoms with E-state index >= 15 is 0 Å². The highest BCUT2D eigenvalue weighted by Gasteiger charge is 2.44. The zero-order valence-corrected chi connectivity index (χ0v) is 14.6. The summed E-state index contributed by atoms with van der Waals surface area (Å²) in [5.41, 5.74) is 0.874. The van der Waals surface area contributed by atoms with Gasteiger partial charge in [0.2, 0.25) is 0 Å². The SMILES string of the molecule is O=C(N1CCCC1)C(F)(F)CC(=C(F)F)c1ccc(-c2ccccc2)cc1. The van der Waals surface area contributed by atoms with Crippen molar-refractivity contribution in [3.05, 3.63) is 66.2 Å². The molecule has 0 spiro atoms. The van der Waals surface area contributed by atoms with Gasteiger partial charge in [-0.2, -0.15) is 17.6 Å². The van der Waals surface area contributed by atoms with Gasteiger partial charge in [-0.15, -0.1) is 0 Å². The molecule has 142 valence electrons. The maximum Gasteiger partial charge on any atom is 0.328 e. The molecule has 2 aromatic carbocycles. The molecule has 1 heterocycles. The fraction of sp³-hybridized carbons (Fsp3) is 0.286. The van der Waals surface area contributed by atoms with E-state index < -0.39 is 29.9 Å². The summed E-state index contributed by atoms with van der Waals surface area (Å²) in [5.74, 6) is -5.24. The zero-order valence-electron chi connectivity index (χ0n) is 14.6. The Morgan fingerprint density at radius 1 is 0.889 bits per heavy atom. The largest absolute Gasteiger partial charge is 0.337 e. The Labute approximate surface area is 155 Å². The minimum Gasteiger partial charge on any atom is -0.337 e. The van der Waals surface area contributed by atoms with Gasteiger partial charge in [0.25, 0.3) is 12.0 Å². The number of halogens is 4. The van der Waals surface area contributed by atoms with Crippen LogP contribution >= 0.6 is 0 Å². The van der Waals surface area contributed by atoms with Crippen LogP contribution in [-0.4, -0.2) is 29.8 Å². The lowest BCUT2D eigenvalue weighted by Crippen LogP contribution is -2.42. The highest BCUT2D eigenvalue weighted by Crippen LogP contribution is 2.35. The third kappa shape index (κ3) is 4.38. The summed E-state index contributed by atoms with van der Waals surface area (Å²) in [7, 11) is 0. The third-order valence-electron chi connectivity index (χ3n) is 4.67. The summed E-state index contributed by atoms with van der Waals surface area (Å²) in [5, 5.41) is 0.